The highest BCUT2D eigenvalue weighted by Gasteiger charge is 2.59. The fraction of sp³-hybridized carbons (Fsp3) is 0.583. The molecule has 7 nitrogen and oxygen atoms in total. The number of carbonyl (C=O) groups excluding carboxylic acids is 2. The van der Waals surface area contributed by atoms with E-state index in [0.29, 0.717) is 29.1 Å². The van der Waals surface area contributed by atoms with Gasteiger partial charge in [0, 0.05) is 28.8 Å². The van der Waals surface area contributed by atoms with Crippen LogP contribution < -0.4 is 10.6 Å². The lowest BCUT2D eigenvalue weighted by Crippen LogP contribution is -2.69. The highest BCUT2D eigenvalue weighted by molar-refractivity contribution is 5.93. The van der Waals surface area contributed by atoms with Crippen LogP contribution in [0.5, 0.6) is 0 Å². The number of amides is 2. The van der Waals surface area contributed by atoms with Gasteiger partial charge in [-0.3, -0.25) is 9.59 Å². The first kappa shape index (κ1) is 19.0. The smallest absolute Gasteiger partial charge is 0.273 e. The Morgan fingerprint density at radius 2 is 1.65 bits per heavy atom. The van der Waals surface area contributed by atoms with Gasteiger partial charge in [0.05, 0.1) is 0 Å². The van der Waals surface area contributed by atoms with Crippen molar-refractivity contribution in [2.24, 2.45) is 11.8 Å². The molecule has 0 aromatic carbocycles. The second-order valence-electron chi connectivity index (χ2n) is 10.5. The summed E-state index contributed by atoms with van der Waals surface area (Å²) in [5.41, 5.74) is 1.11. The molecule has 162 valence electrons. The number of nitrogens with one attached hydrogen (secondary N) is 2. The van der Waals surface area contributed by atoms with Crippen molar-refractivity contribution < 1.29 is 14.1 Å². The maximum absolute atomic E-state index is 13.0. The Balaban J connectivity index is 1.22. The van der Waals surface area contributed by atoms with Crippen LogP contribution in [0.3, 0.4) is 0 Å². The zero-order chi connectivity index (χ0) is 21.2. The molecule has 2 atom stereocenters. The summed E-state index contributed by atoms with van der Waals surface area (Å²) < 4.78 is 5.39. The zero-order valence-corrected chi connectivity index (χ0v) is 17.8. The second kappa shape index (κ2) is 6.65. The minimum absolute atomic E-state index is 0.113. The Morgan fingerprint density at radius 3 is 2.26 bits per heavy atom. The predicted molar refractivity (Wildman–Crippen MR) is 113 cm³/mol. The molecule has 0 radical (unpaired) electrons. The van der Waals surface area contributed by atoms with E-state index in [4.69, 9.17) is 4.52 Å². The van der Waals surface area contributed by atoms with Crippen molar-refractivity contribution in [2.45, 2.75) is 75.3 Å². The average molecular weight is 421 g/mol. The van der Waals surface area contributed by atoms with Gasteiger partial charge in [-0.25, -0.2) is 4.98 Å². The molecule has 5 aliphatic carbocycles. The van der Waals surface area contributed by atoms with Gasteiger partial charge in [-0.05, 0) is 82.3 Å². The van der Waals surface area contributed by atoms with Gasteiger partial charge in [0.2, 0.25) is 0 Å². The monoisotopic (exact) mass is 420 g/mol. The van der Waals surface area contributed by atoms with Crippen LogP contribution in [-0.4, -0.2) is 33.0 Å². The molecule has 2 unspecified atom stereocenters. The van der Waals surface area contributed by atoms with E-state index < -0.39 is 0 Å². The summed E-state index contributed by atoms with van der Waals surface area (Å²) in [5.74, 6) is 2.03. The lowest BCUT2D eigenvalue weighted by Gasteiger charge is -2.62. The van der Waals surface area contributed by atoms with Gasteiger partial charge in [0.1, 0.15) is 11.5 Å². The summed E-state index contributed by atoms with van der Waals surface area (Å²) in [6, 6.07) is 7.33. The normalized spacial score (nSPS) is 33.3. The minimum atomic E-state index is -0.285. The predicted octanol–water partition coefficient (Wildman–Crippen LogP) is 3.51. The summed E-state index contributed by atoms with van der Waals surface area (Å²) >= 11 is 0. The van der Waals surface area contributed by atoms with Gasteiger partial charge < -0.3 is 15.2 Å². The summed E-state index contributed by atoms with van der Waals surface area (Å²) in [6.07, 6.45) is 8.09. The van der Waals surface area contributed by atoms with E-state index in [2.05, 4.69) is 20.8 Å². The largest absolute Gasteiger partial charge is 0.360 e. The molecule has 31 heavy (non-hydrogen) atoms. The van der Waals surface area contributed by atoms with Gasteiger partial charge in [0.25, 0.3) is 11.8 Å². The summed E-state index contributed by atoms with van der Waals surface area (Å²) in [7, 11) is 0. The first-order valence-electron chi connectivity index (χ1n) is 11.5. The van der Waals surface area contributed by atoms with E-state index in [0.717, 1.165) is 56.4 Å². The van der Waals surface area contributed by atoms with Crippen molar-refractivity contribution >= 4 is 11.8 Å². The minimum Gasteiger partial charge on any atom is -0.360 e. The van der Waals surface area contributed by atoms with E-state index in [1.54, 1.807) is 12.1 Å². The van der Waals surface area contributed by atoms with Gasteiger partial charge in [-0.15, -0.1) is 0 Å². The van der Waals surface area contributed by atoms with Crippen molar-refractivity contribution in [2.75, 3.05) is 0 Å². The molecule has 2 amide bonds. The van der Waals surface area contributed by atoms with Crippen molar-refractivity contribution in [3.8, 4) is 0 Å². The van der Waals surface area contributed by atoms with E-state index >= 15 is 0 Å². The summed E-state index contributed by atoms with van der Waals surface area (Å²) in [4.78, 5) is 30.5. The standard InChI is InChI=1S/C24H28N4O3/c1-14-3-2-4-18(25-14)21(29)26-23-9-15-7-16(10-23)12-24(11-15,13-23)27-22(30)19-8-20(31-28-19)17-5-6-17/h2-4,8,15-17H,5-7,9-13H2,1H3,(H,26,29)(H,27,30). The molecule has 2 aromatic heterocycles. The van der Waals surface area contributed by atoms with Crippen LogP contribution in [-0.2, 0) is 0 Å². The first-order chi connectivity index (χ1) is 14.9. The van der Waals surface area contributed by atoms with Crippen molar-refractivity contribution in [1.29, 1.82) is 0 Å². The molecule has 5 fully saturated rings. The Kier molecular flexibility index (Phi) is 4.08. The highest BCUT2D eigenvalue weighted by atomic mass is 16.5. The summed E-state index contributed by atoms with van der Waals surface area (Å²) in [6.45, 7) is 1.89. The van der Waals surface area contributed by atoms with E-state index in [-0.39, 0.29) is 22.9 Å². The van der Waals surface area contributed by atoms with E-state index in [9.17, 15) is 9.59 Å². The number of pyridine rings is 1. The molecular formula is C24H28N4O3. The van der Waals surface area contributed by atoms with Crippen LogP contribution in [0.15, 0.2) is 28.8 Å². The topological polar surface area (TPSA) is 97.1 Å². The number of aromatic nitrogens is 2. The third kappa shape index (κ3) is 3.44. The molecule has 4 bridgehead atoms. The molecule has 5 saturated carbocycles. The SMILES string of the molecule is Cc1cccc(C(=O)NC23CC4CC(CC(NC(=O)c5cc(C6CC6)on5)(C4)C2)C3)n1. The van der Waals surface area contributed by atoms with Gasteiger partial charge >= 0.3 is 0 Å². The van der Waals surface area contributed by atoms with Crippen LogP contribution in [0.1, 0.15) is 89.7 Å². The third-order valence-corrected chi connectivity index (χ3v) is 7.68. The molecule has 0 aliphatic heterocycles. The maximum Gasteiger partial charge on any atom is 0.273 e. The Bertz CT molecular complexity index is 1040. The first-order valence-corrected chi connectivity index (χ1v) is 11.5. The molecule has 2 aromatic rings. The third-order valence-electron chi connectivity index (χ3n) is 7.68. The lowest BCUT2D eigenvalue weighted by molar-refractivity contribution is -0.0449. The number of carbonyl (C=O) groups is 2. The van der Waals surface area contributed by atoms with Crippen LogP contribution in [0.4, 0.5) is 0 Å². The molecule has 7 heteroatoms. The van der Waals surface area contributed by atoms with Gasteiger partial charge in [-0.1, -0.05) is 11.2 Å². The fourth-order valence-electron chi connectivity index (χ4n) is 6.79. The fourth-order valence-corrected chi connectivity index (χ4v) is 6.79. The highest BCUT2D eigenvalue weighted by Crippen LogP contribution is 2.57. The van der Waals surface area contributed by atoms with Crippen molar-refractivity contribution in [3.05, 3.63) is 47.1 Å². The zero-order valence-electron chi connectivity index (χ0n) is 17.8. The molecule has 5 aliphatic rings. The second-order valence-corrected chi connectivity index (χ2v) is 10.5. The average Bonchev–Trinajstić information content (AvgIpc) is 3.42. The number of rotatable bonds is 5. The lowest BCUT2D eigenvalue weighted by atomic mass is 9.49. The Hall–Kier alpha value is -2.70. The van der Waals surface area contributed by atoms with Crippen LogP contribution in [0.25, 0.3) is 0 Å². The molecule has 2 N–H and O–H groups in total. The Labute approximate surface area is 181 Å². The van der Waals surface area contributed by atoms with Gasteiger partial charge in [-0.2, -0.15) is 0 Å². The van der Waals surface area contributed by atoms with Crippen molar-refractivity contribution in [3.63, 3.8) is 0 Å². The Morgan fingerprint density at radius 1 is 1.00 bits per heavy atom. The number of nitrogens with zero attached hydrogens (tertiary/aromatic N) is 2. The molecule has 7 rings (SSSR count). The van der Waals surface area contributed by atoms with Crippen molar-refractivity contribution in [1.82, 2.24) is 20.8 Å². The van der Waals surface area contributed by atoms with E-state index in [1.807, 2.05) is 19.1 Å². The molecule has 2 heterocycles. The number of hydrogen-bond donors (Lipinski definition) is 2. The number of aryl methyl sites for hydroxylation is 1. The maximum atomic E-state index is 13.0. The van der Waals surface area contributed by atoms with Crippen LogP contribution in [0.2, 0.25) is 0 Å². The van der Waals surface area contributed by atoms with Gasteiger partial charge in [0.15, 0.2) is 5.69 Å². The quantitative estimate of drug-likeness (QED) is 0.772. The summed E-state index contributed by atoms with van der Waals surface area (Å²) in [5, 5.41) is 10.7. The molecular weight excluding hydrogens is 392 g/mol. The van der Waals surface area contributed by atoms with Crippen LogP contribution >= 0.6 is 0 Å². The van der Waals surface area contributed by atoms with E-state index in [1.165, 1.54) is 6.42 Å². The molecule has 0 saturated heterocycles. The van der Waals surface area contributed by atoms with Crippen LogP contribution in [0, 0.1) is 18.8 Å². The molecule has 0 spiro atoms. The number of hydrogen-bond acceptors (Lipinski definition) is 5.